The molecule has 2 nitrogen and oxygen atoms in total. The van der Waals surface area contributed by atoms with Crippen LogP contribution < -0.4 is 21.5 Å². The van der Waals surface area contributed by atoms with Gasteiger partial charge in [0.1, 0.15) is 13.1 Å². The van der Waals surface area contributed by atoms with Gasteiger partial charge in [-0.05, 0) is 25.0 Å². The molecule has 0 bridgehead atoms. The smallest absolute Gasteiger partial charge is 1.00 e. The van der Waals surface area contributed by atoms with Crippen molar-refractivity contribution in [1.29, 1.82) is 0 Å². The Kier molecular flexibility index (Phi) is 12.8. The predicted molar refractivity (Wildman–Crippen MR) is 106 cm³/mol. The first-order valence-corrected chi connectivity index (χ1v) is 11.6. The van der Waals surface area contributed by atoms with Crippen LogP contribution in [0.15, 0.2) is 49.1 Å². The number of pyridine rings is 2. The molecule has 0 unspecified atom stereocenters. The third kappa shape index (κ3) is 24.6. The molecule has 0 aliphatic carbocycles. The number of hydrogen-bond donors (Lipinski definition) is 0. The van der Waals surface area contributed by atoms with Gasteiger partial charge in [0, 0.05) is 37.1 Å². The summed E-state index contributed by atoms with van der Waals surface area (Å²) >= 11 is 0. The molecule has 30 heavy (non-hydrogen) atoms. The molecular weight excluding hydrogens is 449 g/mol. The molecule has 2 heterocycles. The Morgan fingerprint density at radius 3 is 1.07 bits per heavy atom. The van der Waals surface area contributed by atoms with Crippen molar-refractivity contribution < 1.29 is 46.7 Å². The number of rotatable bonds is 6. The Hall–Kier alpha value is -1.40. The van der Waals surface area contributed by atoms with Crippen LogP contribution >= 0.6 is 7.81 Å². The summed E-state index contributed by atoms with van der Waals surface area (Å²) in [6.45, 7) is 11.0. The molecule has 0 N–H and O–H groups in total. The van der Waals surface area contributed by atoms with Gasteiger partial charge in [0.25, 0.3) is 0 Å². The van der Waals surface area contributed by atoms with E-state index in [1.54, 1.807) is 0 Å². The minimum Gasteiger partial charge on any atom is -1.00 e. The summed E-state index contributed by atoms with van der Waals surface area (Å²) < 4.78 is 63.7. The average Bonchev–Trinajstić information content (AvgIpc) is 2.59. The zero-order valence-corrected chi connectivity index (χ0v) is 19.5. The van der Waals surface area contributed by atoms with Crippen molar-refractivity contribution in [2.24, 2.45) is 0 Å². The number of aromatic nitrogens is 2. The van der Waals surface area contributed by atoms with E-state index in [4.69, 9.17) is 0 Å². The fourth-order valence-electron chi connectivity index (χ4n) is 2.04. The van der Waals surface area contributed by atoms with E-state index < -0.39 is 7.81 Å². The molecule has 0 aliphatic heterocycles. The van der Waals surface area contributed by atoms with E-state index in [-0.39, 0.29) is 12.4 Å². The molecule has 0 aliphatic rings. The molecule has 0 atom stereocenters. The zero-order valence-electron chi connectivity index (χ0n) is 17.8. The minimum absolute atomic E-state index is 0. The van der Waals surface area contributed by atoms with E-state index in [0.717, 1.165) is 13.1 Å². The van der Waals surface area contributed by atoms with Crippen molar-refractivity contribution in [3.63, 3.8) is 0 Å². The van der Waals surface area contributed by atoms with Gasteiger partial charge in [-0.2, -0.15) is 0 Å². The molecule has 0 radical (unpaired) electrons. The van der Waals surface area contributed by atoms with Gasteiger partial charge < -0.3 is 12.4 Å². The van der Waals surface area contributed by atoms with E-state index in [2.05, 4.69) is 85.9 Å². The standard InChI is InChI=1S/2C10H16N.ClH.F6P/c2*1-3-4-7-11-8-5-10(2)6-9-11;;1-7(2,3,4,5)6/h2*5-6,8-9H,3-4,7H2,1-2H3;1H;/q2*+1;;-1/p-1. The van der Waals surface area contributed by atoms with Gasteiger partial charge in [0.05, 0.1) is 0 Å². The minimum atomic E-state index is -10.7. The molecule has 0 amide bonds. The first kappa shape index (κ1) is 30.8. The molecule has 0 aromatic carbocycles. The molecule has 10 heteroatoms. The van der Waals surface area contributed by atoms with E-state index in [0.29, 0.717) is 0 Å². The van der Waals surface area contributed by atoms with Crippen molar-refractivity contribution in [3.8, 4) is 0 Å². The van der Waals surface area contributed by atoms with Crippen molar-refractivity contribution in [3.05, 3.63) is 60.2 Å². The second-order valence-electron chi connectivity index (χ2n) is 6.89. The van der Waals surface area contributed by atoms with Gasteiger partial charge in [-0.15, -0.1) is 0 Å². The summed E-state index contributed by atoms with van der Waals surface area (Å²) in [5, 5.41) is 0. The second kappa shape index (κ2) is 12.5. The number of unbranched alkanes of at least 4 members (excludes halogenated alkanes) is 2. The number of hydrogen-bond acceptors (Lipinski definition) is 0. The summed E-state index contributed by atoms with van der Waals surface area (Å²) in [6, 6.07) is 8.59. The Bertz CT molecular complexity index is 644. The Morgan fingerprint density at radius 1 is 0.633 bits per heavy atom. The third-order valence-electron chi connectivity index (χ3n) is 3.66. The molecule has 2 rings (SSSR count). The normalized spacial score (nSPS) is 12.7. The van der Waals surface area contributed by atoms with Crippen LogP contribution in [0.1, 0.15) is 50.7 Å². The summed E-state index contributed by atoms with van der Waals surface area (Å²) in [5.41, 5.74) is 2.66. The van der Waals surface area contributed by atoms with Crippen molar-refractivity contribution in [2.45, 2.75) is 66.5 Å². The van der Waals surface area contributed by atoms with Gasteiger partial charge in [-0.3, -0.25) is 0 Å². The van der Waals surface area contributed by atoms with E-state index in [9.17, 15) is 25.2 Å². The summed E-state index contributed by atoms with van der Waals surface area (Å²) in [7, 11) is -10.7. The maximum absolute atomic E-state index is 10.7. The summed E-state index contributed by atoms with van der Waals surface area (Å²) in [4.78, 5) is 0. The van der Waals surface area contributed by atoms with Crippen molar-refractivity contribution in [2.75, 3.05) is 0 Å². The number of nitrogens with zero attached hydrogens (tertiary/aromatic N) is 2. The third-order valence-corrected chi connectivity index (χ3v) is 3.66. The molecule has 176 valence electrons. The quantitative estimate of drug-likeness (QED) is 0.325. The van der Waals surface area contributed by atoms with Gasteiger partial charge in [-0.25, -0.2) is 9.13 Å². The number of halogens is 7. The molecule has 0 saturated carbocycles. The maximum Gasteiger partial charge on any atom is -1.00 e. The Labute approximate surface area is 181 Å². The van der Waals surface area contributed by atoms with Crippen LogP contribution in [0.4, 0.5) is 25.2 Å². The van der Waals surface area contributed by atoms with E-state index >= 15 is 0 Å². The Balaban J connectivity index is 0. The van der Waals surface area contributed by atoms with Crippen molar-refractivity contribution in [1.82, 2.24) is 0 Å². The molecule has 2 aromatic rings. The SMILES string of the molecule is CCCC[n+]1ccc(C)cc1.CCCC[n+]1ccc(C)cc1.F[P-](F)(F)(F)(F)F.[Cl-]. The van der Waals surface area contributed by atoms with E-state index in [1.165, 1.54) is 36.8 Å². The van der Waals surface area contributed by atoms with Crippen molar-refractivity contribution >= 4 is 7.81 Å². The van der Waals surface area contributed by atoms with Crippen LogP contribution in [0.5, 0.6) is 0 Å². The molecular formula is C20H32ClF6N2P. The van der Waals surface area contributed by atoms with Gasteiger partial charge in [0.2, 0.25) is 0 Å². The summed E-state index contributed by atoms with van der Waals surface area (Å²) in [6.07, 6.45) is 13.6. The molecule has 0 fully saturated rings. The van der Waals surface area contributed by atoms with Crippen LogP contribution in [0, 0.1) is 13.8 Å². The van der Waals surface area contributed by atoms with Crippen LogP contribution in [-0.2, 0) is 13.1 Å². The average molecular weight is 481 g/mol. The van der Waals surface area contributed by atoms with Gasteiger partial charge >= 0.3 is 33.0 Å². The fourth-order valence-corrected chi connectivity index (χ4v) is 2.04. The first-order chi connectivity index (χ1) is 13.1. The fraction of sp³-hybridized carbons (Fsp3) is 0.500. The van der Waals surface area contributed by atoms with Crippen LogP contribution in [0.2, 0.25) is 0 Å². The van der Waals surface area contributed by atoms with Gasteiger partial charge in [0.15, 0.2) is 24.8 Å². The van der Waals surface area contributed by atoms with Gasteiger partial charge in [-0.1, -0.05) is 26.7 Å². The molecule has 0 spiro atoms. The predicted octanol–water partition coefficient (Wildman–Crippen LogP) is 4.55. The Morgan fingerprint density at radius 2 is 0.867 bits per heavy atom. The largest absolute Gasteiger partial charge is 1.00 e. The first-order valence-electron chi connectivity index (χ1n) is 9.58. The van der Waals surface area contributed by atoms with E-state index in [1.807, 2.05) is 0 Å². The second-order valence-corrected chi connectivity index (χ2v) is 8.81. The van der Waals surface area contributed by atoms with Crippen LogP contribution in [0.25, 0.3) is 0 Å². The monoisotopic (exact) mass is 480 g/mol. The van der Waals surface area contributed by atoms with Crippen LogP contribution in [0.3, 0.4) is 0 Å². The molecule has 0 saturated heterocycles. The van der Waals surface area contributed by atoms with Crippen LogP contribution in [-0.4, -0.2) is 0 Å². The molecule has 2 aromatic heterocycles. The zero-order chi connectivity index (χ0) is 22.6. The number of aryl methyl sites for hydroxylation is 4. The topological polar surface area (TPSA) is 7.76 Å². The summed E-state index contributed by atoms with van der Waals surface area (Å²) in [5.74, 6) is 0. The maximum atomic E-state index is 9.87.